The molecule has 0 radical (unpaired) electrons. The van der Waals surface area contributed by atoms with E-state index in [0.29, 0.717) is 0 Å². The topological polar surface area (TPSA) is 104 Å². The monoisotopic (exact) mass is 726 g/mol. The molecule has 8 nitrogen and oxygen atoms in total. The number of rotatable bonds is 5. The molecule has 48 heavy (non-hydrogen) atoms. The van der Waals surface area contributed by atoms with Crippen molar-refractivity contribution in [2.75, 3.05) is 12.0 Å². The van der Waals surface area contributed by atoms with E-state index < -0.39 is 104 Å². The van der Waals surface area contributed by atoms with Gasteiger partial charge in [-0.05, 0) is 48.4 Å². The first-order valence-electron chi connectivity index (χ1n) is 14.4. The molecule has 3 fully saturated rings. The number of phenolic OH excluding ortho intramolecular Hbond substituents is 1. The minimum atomic E-state index is -2.76. The van der Waals surface area contributed by atoms with Crippen molar-refractivity contribution in [1.29, 1.82) is 0 Å². The van der Waals surface area contributed by atoms with Gasteiger partial charge in [0.25, 0.3) is 11.8 Å². The summed E-state index contributed by atoms with van der Waals surface area (Å²) in [5.41, 5.74) is -1.81. The van der Waals surface area contributed by atoms with Crippen LogP contribution in [-0.2, 0) is 25.7 Å². The van der Waals surface area contributed by atoms with Crippen LogP contribution < -0.4 is 9.64 Å². The molecule has 0 spiro atoms. The number of allylic oxidation sites excluding steroid dienone is 2. The van der Waals surface area contributed by atoms with E-state index in [9.17, 15) is 37.5 Å². The number of nitrogens with zero attached hydrogens (tertiary/aromatic N) is 2. The fraction of sp³-hybridized carbons (Fsp3) is 0.312. The molecule has 4 amide bonds. The van der Waals surface area contributed by atoms with Gasteiger partial charge >= 0.3 is 0 Å². The summed E-state index contributed by atoms with van der Waals surface area (Å²) >= 11 is 15.5. The van der Waals surface area contributed by atoms with Crippen molar-refractivity contribution in [2.45, 2.75) is 35.1 Å². The van der Waals surface area contributed by atoms with E-state index >= 15 is 8.78 Å². The molecule has 1 aromatic heterocycles. The Balaban J connectivity index is 1.43. The highest BCUT2D eigenvalue weighted by atomic mass is 35.5. The molecule has 4 aliphatic rings. The molecule has 7 rings (SSSR count). The number of carbonyl (C=O) groups excluding carboxylic acids is 4. The van der Waals surface area contributed by atoms with Crippen molar-refractivity contribution >= 4 is 63.9 Å². The van der Waals surface area contributed by atoms with Crippen LogP contribution in [0.25, 0.3) is 0 Å². The fourth-order valence-electron chi connectivity index (χ4n) is 7.58. The maximum atomic E-state index is 15.2. The second-order valence-electron chi connectivity index (χ2n) is 12.0. The molecule has 2 aromatic carbocycles. The molecule has 6 atom stereocenters. The number of benzene rings is 2. The lowest BCUT2D eigenvalue weighted by Gasteiger charge is -2.50. The summed E-state index contributed by atoms with van der Waals surface area (Å²) in [5.74, 6) is -21.8. The Morgan fingerprint density at radius 3 is 2.23 bits per heavy atom. The Labute approximate surface area is 282 Å². The van der Waals surface area contributed by atoms with Crippen molar-refractivity contribution in [3.05, 3.63) is 86.9 Å². The summed E-state index contributed by atoms with van der Waals surface area (Å²) in [6, 6.07) is 7.33. The van der Waals surface area contributed by atoms with Crippen LogP contribution in [0.5, 0.6) is 11.5 Å². The molecule has 250 valence electrons. The number of carbonyl (C=O) groups is 4. The van der Waals surface area contributed by atoms with Crippen LogP contribution in [0, 0.1) is 46.8 Å². The van der Waals surface area contributed by atoms with Gasteiger partial charge in [-0.2, -0.15) is 0 Å². The van der Waals surface area contributed by atoms with Crippen molar-refractivity contribution in [2.24, 2.45) is 17.8 Å². The van der Waals surface area contributed by atoms with E-state index in [1.54, 1.807) is 23.6 Å². The van der Waals surface area contributed by atoms with Crippen LogP contribution in [0.3, 0.4) is 0 Å². The van der Waals surface area contributed by atoms with Crippen LogP contribution >= 0.6 is 34.5 Å². The maximum absolute atomic E-state index is 15.2. The maximum Gasteiger partial charge on any atom is 0.258 e. The van der Waals surface area contributed by atoms with Crippen LogP contribution in [-0.4, -0.2) is 50.5 Å². The van der Waals surface area contributed by atoms with Crippen LogP contribution in [0.15, 0.2) is 47.4 Å². The van der Waals surface area contributed by atoms with Gasteiger partial charge in [0, 0.05) is 16.4 Å². The Morgan fingerprint density at radius 1 is 0.938 bits per heavy atom. The second-order valence-corrected chi connectivity index (χ2v) is 14.2. The summed E-state index contributed by atoms with van der Waals surface area (Å²) in [5, 5.41) is 12.9. The van der Waals surface area contributed by atoms with Crippen molar-refractivity contribution in [3.8, 4) is 11.5 Å². The molecule has 3 heterocycles. The number of hydrogen-bond acceptors (Lipinski definition) is 7. The number of ether oxygens (including phenoxy) is 1. The lowest BCUT2D eigenvalue weighted by atomic mass is 9.56. The summed E-state index contributed by atoms with van der Waals surface area (Å²) in [7, 11) is 1.30. The Bertz CT molecular complexity index is 1970. The molecule has 1 N–H and O–H groups in total. The SMILES string of the molecule is COc1ccc(O)c(C2C3=CCC4C(=O)N(Cc5cccs5)C(=O)C4C3CC3(Cl)C(=O)N(c4c(F)c(F)c(F)c(F)c4F)C(=O)C23Cl)c1. The standard InChI is InChI=1S/C32H21Cl2F5N2O6S/c1-47-12-4-7-18(42)16(9-12)20-14-5-6-15-19(28(44)40(27(15)43)11-13-3-2-8-48-13)17(14)10-31(33)29(45)41(30(46)32(20,31)34)26-24(38)22(36)21(35)23(37)25(26)39/h2-5,7-9,15,17,19-20,42H,6,10-11H2,1H3. The predicted octanol–water partition coefficient (Wildman–Crippen LogP) is 5.92. The van der Waals surface area contributed by atoms with Gasteiger partial charge in [-0.3, -0.25) is 24.1 Å². The molecule has 1 saturated carbocycles. The Kier molecular flexibility index (Phi) is 7.46. The summed E-state index contributed by atoms with van der Waals surface area (Å²) < 4.78 is 78.4. The quantitative estimate of drug-likeness (QED) is 0.0875. The van der Waals surface area contributed by atoms with Gasteiger partial charge in [0.05, 0.1) is 25.5 Å². The molecular weight excluding hydrogens is 706 g/mol. The normalized spacial score (nSPS) is 29.6. The average molecular weight is 727 g/mol. The number of fused-ring (bicyclic) bond motifs is 4. The van der Waals surface area contributed by atoms with Gasteiger partial charge in [0.15, 0.2) is 33.0 Å². The number of methoxy groups -OCH3 is 1. The van der Waals surface area contributed by atoms with E-state index in [0.717, 1.165) is 9.78 Å². The number of phenols is 1. The third-order valence-electron chi connectivity index (χ3n) is 9.75. The van der Waals surface area contributed by atoms with Crippen molar-refractivity contribution < 1.29 is 51.0 Å². The first kappa shape index (κ1) is 32.5. The zero-order valence-electron chi connectivity index (χ0n) is 24.4. The molecule has 16 heteroatoms. The lowest BCUT2D eigenvalue weighted by molar-refractivity contribution is -0.141. The highest BCUT2D eigenvalue weighted by molar-refractivity contribution is 7.09. The van der Waals surface area contributed by atoms with Gasteiger partial charge in [0.1, 0.15) is 17.2 Å². The third kappa shape index (κ3) is 4.11. The second kappa shape index (κ2) is 11.0. The number of likely N-dealkylation sites (tertiary alicyclic amines) is 1. The number of halogens is 7. The third-order valence-corrected chi connectivity index (χ3v) is 12.0. The highest BCUT2D eigenvalue weighted by Crippen LogP contribution is 2.67. The smallest absolute Gasteiger partial charge is 0.258 e. The number of alkyl halides is 2. The molecular formula is C32H21Cl2F5N2O6S. The minimum Gasteiger partial charge on any atom is -0.508 e. The number of anilines is 1. The first-order chi connectivity index (χ1) is 22.7. The largest absolute Gasteiger partial charge is 0.508 e. The van der Waals surface area contributed by atoms with Crippen molar-refractivity contribution in [3.63, 3.8) is 0 Å². The van der Waals surface area contributed by atoms with E-state index in [2.05, 4.69) is 0 Å². The summed E-state index contributed by atoms with van der Waals surface area (Å²) in [6.45, 7) is -0.0264. The van der Waals surface area contributed by atoms with Crippen LogP contribution in [0.1, 0.15) is 29.2 Å². The molecule has 0 bridgehead atoms. The molecule has 6 unspecified atom stereocenters. The molecule has 2 aliphatic heterocycles. The zero-order valence-corrected chi connectivity index (χ0v) is 26.7. The van der Waals surface area contributed by atoms with Crippen molar-refractivity contribution in [1.82, 2.24) is 4.90 Å². The van der Waals surface area contributed by atoms with E-state index in [4.69, 9.17) is 27.9 Å². The lowest BCUT2D eigenvalue weighted by Crippen LogP contribution is -2.60. The van der Waals surface area contributed by atoms with Crippen LogP contribution in [0.4, 0.5) is 27.6 Å². The molecule has 2 saturated heterocycles. The summed E-state index contributed by atoms with van der Waals surface area (Å²) in [6.07, 6.45) is 0.887. The van der Waals surface area contributed by atoms with Gasteiger partial charge < -0.3 is 9.84 Å². The Morgan fingerprint density at radius 2 is 1.60 bits per heavy atom. The summed E-state index contributed by atoms with van der Waals surface area (Å²) in [4.78, 5) is 52.2. The zero-order chi connectivity index (χ0) is 34.6. The number of hydrogen-bond donors (Lipinski definition) is 1. The number of imide groups is 2. The van der Waals surface area contributed by atoms with E-state index in [1.165, 1.54) is 36.6 Å². The van der Waals surface area contributed by atoms with Gasteiger partial charge in [-0.1, -0.05) is 17.7 Å². The minimum absolute atomic E-state index is 0.0189. The van der Waals surface area contributed by atoms with E-state index in [1.807, 2.05) is 0 Å². The molecule has 3 aromatic rings. The fourth-order valence-corrected chi connectivity index (χ4v) is 9.20. The predicted molar refractivity (Wildman–Crippen MR) is 161 cm³/mol. The van der Waals surface area contributed by atoms with Gasteiger partial charge in [-0.15, -0.1) is 34.5 Å². The molecule has 2 aliphatic carbocycles. The number of aromatic hydroxyl groups is 1. The highest BCUT2D eigenvalue weighted by Gasteiger charge is 2.77. The number of amides is 4. The Hall–Kier alpha value is -4.01. The number of thiophene rings is 1. The van der Waals surface area contributed by atoms with Gasteiger partial charge in [0.2, 0.25) is 17.6 Å². The average Bonchev–Trinajstić information content (AvgIpc) is 3.71. The van der Waals surface area contributed by atoms with Crippen LogP contribution in [0.2, 0.25) is 0 Å². The van der Waals surface area contributed by atoms with E-state index in [-0.39, 0.29) is 34.8 Å². The first-order valence-corrected chi connectivity index (χ1v) is 16.0. The van der Waals surface area contributed by atoms with Gasteiger partial charge in [-0.25, -0.2) is 26.9 Å².